The van der Waals surface area contributed by atoms with Crippen LogP contribution in [0.15, 0.2) is 66.0 Å². The Morgan fingerprint density at radius 2 is 1.71 bits per heavy atom. The normalized spacial score (nSPS) is 17.5. The fraction of sp³-hybridized carbons (Fsp3) is 0.296. The second-order valence-corrected chi connectivity index (χ2v) is 9.82. The lowest BCUT2D eigenvalue weighted by atomic mass is 9.98. The fourth-order valence-corrected chi connectivity index (χ4v) is 5.94. The molecular weight excluding hydrogens is 464 g/mol. The minimum atomic E-state index is -0.938. The smallest absolute Gasteiger partial charge is 0.408 e. The average molecular weight is 491 g/mol. The van der Waals surface area contributed by atoms with Gasteiger partial charge >= 0.3 is 12.1 Å². The standard InChI is InChI=1S/C27H26N2O5S/c30-24(31)15-17-7-5-13-29(17)26(32)25(23-12-6-14-35-23)28-27(33)34-16-22-20-10-3-1-8-18(20)19-9-2-4-11-21(19)22/h1-4,6,8-12,14,17,22,25H,5,7,13,15-16H2,(H,28,33)(H,30,31). The third-order valence-electron chi connectivity index (χ3n) is 6.75. The van der Waals surface area contributed by atoms with Crippen molar-refractivity contribution in [2.24, 2.45) is 0 Å². The zero-order valence-electron chi connectivity index (χ0n) is 19.1. The molecule has 2 N–H and O–H groups in total. The minimum Gasteiger partial charge on any atom is -0.481 e. The van der Waals surface area contributed by atoms with Crippen molar-refractivity contribution in [2.45, 2.75) is 37.3 Å². The van der Waals surface area contributed by atoms with Crippen LogP contribution >= 0.6 is 11.3 Å². The SMILES string of the molecule is O=C(O)CC1CCCN1C(=O)C(NC(=O)OCC1c2ccccc2-c2ccccc21)c1cccs1. The van der Waals surface area contributed by atoms with Crippen LogP contribution in [0, 0.1) is 0 Å². The van der Waals surface area contributed by atoms with E-state index < -0.39 is 18.1 Å². The Morgan fingerprint density at radius 3 is 2.34 bits per heavy atom. The summed E-state index contributed by atoms with van der Waals surface area (Å²) in [4.78, 5) is 39.9. The number of nitrogens with one attached hydrogen (secondary N) is 1. The van der Waals surface area contributed by atoms with Crippen LogP contribution in [0.4, 0.5) is 4.79 Å². The molecule has 2 heterocycles. The molecule has 7 nitrogen and oxygen atoms in total. The summed E-state index contributed by atoms with van der Waals surface area (Å²) in [6.07, 6.45) is 0.604. The highest BCUT2D eigenvalue weighted by Crippen LogP contribution is 2.44. The van der Waals surface area contributed by atoms with E-state index in [1.807, 2.05) is 35.7 Å². The van der Waals surface area contributed by atoms with Gasteiger partial charge in [0.25, 0.3) is 5.91 Å². The Kier molecular flexibility index (Phi) is 6.55. The first-order valence-electron chi connectivity index (χ1n) is 11.7. The summed E-state index contributed by atoms with van der Waals surface area (Å²) in [6.45, 7) is 0.627. The lowest BCUT2D eigenvalue weighted by molar-refractivity contribution is -0.140. The van der Waals surface area contributed by atoms with Crippen LogP contribution in [0.1, 0.15) is 47.2 Å². The van der Waals surface area contributed by atoms with Crippen molar-refractivity contribution >= 4 is 29.3 Å². The Bertz CT molecular complexity index is 1200. The summed E-state index contributed by atoms with van der Waals surface area (Å²) < 4.78 is 5.66. The van der Waals surface area contributed by atoms with E-state index in [1.54, 1.807) is 11.0 Å². The number of aliphatic carboxylic acids is 1. The number of alkyl carbamates (subject to hydrolysis) is 1. The van der Waals surface area contributed by atoms with Gasteiger partial charge < -0.3 is 20.1 Å². The zero-order chi connectivity index (χ0) is 24.4. The van der Waals surface area contributed by atoms with Crippen LogP contribution in [0.3, 0.4) is 0 Å². The van der Waals surface area contributed by atoms with Gasteiger partial charge in [-0.25, -0.2) is 4.79 Å². The van der Waals surface area contributed by atoms with Crippen LogP contribution in [0.2, 0.25) is 0 Å². The molecule has 2 unspecified atom stereocenters. The molecule has 0 spiro atoms. The number of benzene rings is 2. The topological polar surface area (TPSA) is 95.9 Å². The third kappa shape index (κ3) is 4.66. The highest BCUT2D eigenvalue weighted by atomic mass is 32.1. The number of rotatable bonds is 7. The molecule has 1 saturated heterocycles. The number of fused-ring (bicyclic) bond motifs is 3. The average Bonchev–Trinajstić information content (AvgIpc) is 3.60. The van der Waals surface area contributed by atoms with E-state index in [0.29, 0.717) is 17.8 Å². The number of hydrogen-bond acceptors (Lipinski definition) is 5. The molecule has 2 atom stereocenters. The number of nitrogens with zero attached hydrogens (tertiary/aromatic N) is 1. The molecule has 5 rings (SSSR count). The zero-order valence-corrected chi connectivity index (χ0v) is 19.9. The van der Waals surface area contributed by atoms with Gasteiger partial charge in [0.15, 0.2) is 0 Å². The van der Waals surface area contributed by atoms with Crippen LogP contribution in [-0.2, 0) is 14.3 Å². The number of carboxylic acids is 1. The van der Waals surface area contributed by atoms with Crippen molar-refractivity contribution < 1.29 is 24.2 Å². The molecule has 1 aliphatic heterocycles. The van der Waals surface area contributed by atoms with Crippen molar-refractivity contribution in [3.8, 4) is 11.1 Å². The number of ether oxygens (including phenoxy) is 1. The number of hydrogen-bond donors (Lipinski definition) is 2. The van der Waals surface area contributed by atoms with Gasteiger partial charge in [0.1, 0.15) is 12.6 Å². The van der Waals surface area contributed by atoms with Gasteiger partial charge in [0.2, 0.25) is 0 Å². The predicted molar refractivity (Wildman–Crippen MR) is 132 cm³/mol. The predicted octanol–water partition coefficient (Wildman–Crippen LogP) is 4.79. The molecule has 0 saturated carbocycles. The van der Waals surface area contributed by atoms with E-state index >= 15 is 0 Å². The molecule has 3 aromatic rings. The van der Waals surface area contributed by atoms with Gasteiger partial charge in [-0.3, -0.25) is 9.59 Å². The molecule has 0 bridgehead atoms. The summed E-state index contributed by atoms with van der Waals surface area (Å²) in [6, 6.07) is 18.5. The highest BCUT2D eigenvalue weighted by Gasteiger charge is 2.37. The van der Waals surface area contributed by atoms with Gasteiger partial charge in [0, 0.05) is 23.4 Å². The molecule has 1 aliphatic carbocycles. The van der Waals surface area contributed by atoms with E-state index in [2.05, 4.69) is 29.6 Å². The number of amides is 2. The van der Waals surface area contributed by atoms with Crippen LogP contribution in [0.25, 0.3) is 11.1 Å². The van der Waals surface area contributed by atoms with Crippen molar-refractivity contribution in [1.29, 1.82) is 0 Å². The third-order valence-corrected chi connectivity index (χ3v) is 7.69. The molecule has 1 fully saturated rings. The Morgan fingerprint density at radius 1 is 1.03 bits per heavy atom. The minimum absolute atomic E-state index is 0.0810. The van der Waals surface area contributed by atoms with Gasteiger partial charge in [-0.05, 0) is 46.5 Å². The second kappa shape index (κ2) is 9.92. The number of carboxylic acid groups (broad SMARTS) is 1. The van der Waals surface area contributed by atoms with Crippen LogP contribution in [0.5, 0.6) is 0 Å². The maximum absolute atomic E-state index is 13.4. The fourth-order valence-electron chi connectivity index (χ4n) is 5.17. The van der Waals surface area contributed by atoms with Crippen molar-refractivity contribution in [2.75, 3.05) is 13.2 Å². The largest absolute Gasteiger partial charge is 0.481 e. The first-order chi connectivity index (χ1) is 17.0. The molecule has 2 amide bonds. The molecule has 0 radical (unpaired) electrons. The number of thiophene rings is 1. The van der Waals surface area contributed by atoms with Gasteiger partial charge in [-0.1, -0.05) is 54.6 Å². The molecule has 1 aromatic heterocycles. The Balaban J connectivity index is 1.30. The van der Waals surface area contributed by atoms with Crippen LogP contribution in [-0.4, -0.2) is 47.2 Å². The van der Waals surface area contributed by atoms with Crippen molar-refractivity contribution in [1.82, 2.24) is 10.2 Å². The van der Waals surface area contributed by atoms with Crippen molar-refractivity contribution in [3.05, 3.63) is 82.0 Å². The van der Waals surface area contributed by atoms with E-state index in [1.165, 1.54) is 11.3 Å². The molecule has 8 heteroatoms. The summed E-state index contributed by atoms with van der Waals surface area (Å²) in [7, 11) is 0. The van der Waals surface area contributed by atoms with E-state index in [-0.39, 0.29) is 30.9 Å². The van der Waals surface area contributed by atoms with E-state index in [9.17, 15) is 19.5 Å². The van der Waals surface area contributed by atoms with E-state index in [4.69, 9.17) is 4.74 Å². The first kappa shape index (κ1) is 23.1. The van der Waals surface area contributed by atoms with Gasteiger partial charge in [-0.15, -0.1) is 11.3 Å². The number of carbonyl (C=O) groups is 3. The van der Waals surface area contributed by atoms with Crippen LogP contribution < -0.4 is 5.32 Å². The summed E-state index contributed by atoms with van der Waals surface area (Å²) >= 11 is 1.37. The molecule has 2 aliphatic rings. The lowest BCUT2D eigenvalue weighted by Gasteiger charge is -2.28. The molecule has 2 aromatic carbocycles. The summed E-state index contributed by atoms with van der Waals surface area (Å²) in [5.41, 5.74) is 4.51. The summed E-state index contributed by atoms with van der Waals surface area (Å²) in [5, 5.41) is 13.8. The lowest BCUT2D eigenvalue weighted by Crippen LogP contribution is -2.45. The number of carbonyl (C=O) groups excluding carboxylic acids is 2. The second-order valence-electron chi connectivity index (χ2n) is 8.84. The number of likely N-dealkylation sites (tertiary alicyclic amines) is 1. The molecular formula is C27H26N2O5S. The van der Waals surface area contributed by atoms with Crippen molar-refractivity contribution in [3.63, 3.8) is 0 Å². The Labute approximate surface area is 207 Å². The molecule has 35 heavy (non-hydrogen) atoms. The maximum Gasteiger partial charge on any atom is 0.408 e. The van der Waals surface area contributed by atoms with Gasteiger partial charge in [0.05, 0.1) is 6.42 Å². The van der Waals surface area contributed by atoms with Gasteiger partial charge in [-0.2, -0.15) is 0 Å². The Hall–Kier alpha value is -3.65. The first-order valence-corrected chi connectivity index (χ1v) is 12.6. The molecule has 180 valence electrons. The van der Waals surface area contributed by atoms with E-state index in [0.717, 1.165) is 28.7 Å². The summed E-state index contributed by atoms with van der Waals surface area (Å²) in [5.74, 6) is -1.32. The monoisotopic (exact) mass is 490 g/mol. The maximum atomic E-state index is 13.4. The highest BCUT2D eigenvalue weighted by molar-refractivity contribution is 7.10. The quantitative estimate of drug-likeness (QED) is 0.496.